The van der Waals surface area contributed by atoms with Crippen LogP contribution in [0.15, 0.2) is 77.9 Å². The second-order valence-electron chi connectivity index (χ2n) is 20.1. The fourth-order valence-corrected chi connectivity index (χ4v) is 11.9. The predicted octanol–water partition coefficient (Wildman–Crippen LogP) is 7.56. The largest absolute Gasteiger partial charge is 0.393 e. The van der Waals surface area contributed by atoms with Crippen molar-refractivity contribution in [3.8, 4) is 11.1 Å². The number of imide groups is 1. The van der Waals surface area contributed by atoms with Crippen molar-refractivity contribution in [1.29, 1.82) is 0 Å². The molecule has 1 unspecified atom stereocenters. The van der Waals surface area contributed by atoms with Gasteiger partial charge in [-0.15, -0.1) is 0 Å². The lowest BCUT2D eigenvalue weighted by atomic mass is 9.71. The van der Waals surface area contributed by atoms with Gasteiger partial charge in [0.05, 0.1) is 17.1 Å². The van der Waals surface area contributed by atoms with Gasteiger partial charge in [-0.3, -0.25) is 28.9 Å². The number of halogens is 2. The fraction of sp³-hybridized carbons (Fsp3) is 0.471. The highest BCUT2D eigenvalue weighted by molar-refractivity contribution is 6.30. The zero-order valence-electron chi connectivity index (χ0n) is 38.0. The molecule has 1 saturated carbocycles. The third kappa shape index (κ3) is 8.75. The number of carbonyl (C=O) groups excluding carboxylic acids is 2. The minimum atomic E-state index is -0.679. The number of aromatic nitrogens is 5. The van der Waals surface area contributed by atoms with Gasteiger partial charge < -0.3 is 24.8 Å². The first-order valence-electron chi connectivity index (χ1n) is 24.1. The van der Waals surface area contributed by atoms with Crippen molar-refractivity contribution in [3.05, 3.63) is 99.9 Å². The average molecular weight is 930 g/mol. The van der Waals surface area contributed by atoms with E-state index in [0.717, 1.165) is 110 Å². The maximum Gasteiger partial charge on any atom is 0.329 e. The number of rotatable bonds is 10. The number of aliphatic hydroxyl groups is 1. The van der Waals surface area contributed by atoms with Crippen molar-refractivity contribution in [2.45, 2.75) is 88.9 Å². The van der Waals surface area contributed by atoms with E-state index in [-0.39, 0.29) is 30.2 Å². The van der Waals surface area contributed by atoms with Gasteiger partial charge in [0.1, 0.15) is 17.5 Å². The quantitative estimate of drug-likeness (QED) is 0.118. The monoisotopic (exact) mass is 928 g/mol. The number of amides is 2. The Kier molecular flexibility index (Phi) is 11.7. The van der Waals surface area contributed by atoms with E-state index in [1.807, 2.05) is 12.3 Å². The minimum Gasteiger partial charge on any atom is -0.393 e. The predicted molar refractivity (Wildman–Crippen MR) is 258 cm³/mol. The molecular weight excluding hydrogens is 871 g/mol. The molecule has 3 N–H and O–H groups in total. The van der Waals surface area contributed by atoms with Crippen molar-refractivity contribution in [2.24, 2.45) is 18.4 Å². The van der Waals surface area contributed by atoms with E-state index < -0.39 is 17.8 Å². The van der Waals surface area contributed by atoms with Gasteiger partial charge in [0, 0.05) is 90.8 Å². The highest BCUT2D eigenvalue weighted by atomic mass is 35.5. The molecular formula is C51H58ClFN10O4. The van der Waals surface area contributed by atoms with Crippen molar-refractivity contribution >= 4 is 62.8 Å². The van der Waals surface area contributed by atoms with Crippen LogP contribution in [0.2, 0.25) is 5.02 Å². The van der Waals surface area contributed by atoms with Gasteiger partial charge in [-0.1, -0.05) is 35.9 Å². The highest BCUT2D eigenvalue weighted by Gasteiger charge is 2.45. The Labute approximate surface area is 393 Å². The van der Waals surface area contributed by atoms with E-state index in [1.165, 1.54) is 49.9 Å². The summed E-state index contributed by atoms with van der Waals surface area (Å²) in [5.41, 5.74) is 7.50. The summed E-state index contributed by atoms with van der Waals surface area (Å²) in [5, 5.41) is 17.0. The molecule has 7 heterocycles. The van der Waals surface area contributed by atoms with E-state index >= 15 is 0 Å². The molecule has 0 bridgehead atoms. The molecule has 67 heavy (non-hydrogen) atoms. The first-order valence-corrected chi connectivity index (χ1v) is 24.4. The molecule has 5 aliphatic rings. The van der Waals surface area contributed by atoms with Crippen LogP contribution in [0.4, 0.5) is 21.7 Å². The number of aliphatic hydroxyl groups excluding tert-OH is 1. The van der Waals surface area contributed by atoms with Crippen LogP contribution in [0.25, 0.3) is 33.2 Å². The second kappa shape index (κ2) is 17.8. The third-order valence-electron chi connectivity index (χ3n) is 15.6. The van der Waals surface area contributed by atoms with Crippen LogP contribution in [0.5, 0.6) is 0 Å². The Bertz CT molecular complexity index is 2880. The number of aryl methyl sites for hydroxylation is 1. The third-order valence-corrected chi connectivity index (χ3v) is 15.8. The summed E-state index contributed by atoms with van der Waals surface area (Å²) in [6.45, 7) is 8.62. The Morgan fingerprint density at radius 1 is 0.881 bits per heavy atom. The molecule has 5 fully saturated rings. The summed E-state index contributed by atoms with van der Waals surface area (Å²) in [5.74, 6) is -0.0543. The van der Waals surface area contributed by atoms with Gasteiger partial charge in [0.25, 0.3) is 0 Å². The Morgan fingerprint density at radius 3 is 2.37 bits per heavy atom. The molecule has 1 atom stereocenters. The summed E-state index contributed by atoms with van der Waals surface area (Å²) in [7, 11) is 1.75. The lowest BCUT2D eigenvalue weighted by Crippen LogP contribution is -2.60. The van der Waals surface area contributed by atoms with Gasteiger partial charge in [-0.05, 0) is 137 Å². The normalized spacial score (nSPS) is 23.0. The fourth-order valence-electron chi connectivity index (χ4n) is 11.7. The number of piperidine rings is 3. The molecule has 6 aromatic rings. The van der Waals surface area contributed by atoms with Crippen LogP contribution in [-0.4, -0.2) is 102 Å². The van der Waals surface area contributed by atoms with Crippen LogP contribution in [0.3, 0.4) is 0 Å². The molecule has 4 saturated heterocycles. The Hall–Kier alpha value is -5.61. The molecule has 0 radical (unpaired) electrons. The first-order chi connectivity index (χ1) is 32.4. The van der Waals surface area contributed by atoms with Crippen LogP contribution in [-0.2, 0) is 23.2 Å². The topological polar surface area (TPSA) is 146 Å². The number of fused-ring (bicyclic) bond motifs is 2. The number of anilines is 3. The van der Waals surface area contributed by atoms with Gasteiger partial charge >= 0.3 is 5.69 Å². The molecule has 3 aromatic carbocycles. The molecule has 11 rings (SSSR count). The Balaban J connectivity index is 0.672. The second-order valence-corrected chi connectivity index (χ2v) is 20.5. The van der Waals surface area contributed by atoms with Crippen LogP contribution < -0.4 is 21.2 Å². The Morgan fingerprint density at radius 2 is 1.64 bits per heavy atom. The summed E-state index contributed by atoms with van der Waals surface area (Å²) in [6, 6.07) is 18.8. The first kappa shape index (κ1) is 43.9. The summed E-state index contributed by atoms with van der Waals surface area (Å²) < 4.78 is 19.5. The lowest BCUT2D eigenvalue weighted by molar-refractivity contribution is -0.135. The summed E-state index contributed by atoms with van der Waals surface area (Å²) in [4.78, 5) is 55.0. The smallest absolute Gasteiger partial charge is 0.329 e. The number of hydrogen-bond acceptors (Lipinski definition) is 10. The van der Waals surface area contributed by atoms with Crippen molar-refractivity contribution in [1.82, 2.24) is 38.8 Å². The van der Waals surface area contributed by atoms with E-state index in [9.17, 15) is 23.9 Å². The molecule has 1 aliphatic carbocycles. The molecule has 14 nitrogen and oxygen atoms in total. The van der Waals surface area contributed by atoms with Crippen LogP contribution >= 0.6 is 11.6 Å². The highest BCUT2D eigenvalue weighted by Crippen LogP contribution is 2.44. The number of nitrogens with zero attached hydrogens (tertiary/aromatic N) is 8. The average Bonchev–Trinajstić information content (AvgIpc) is 3.80. The van der Waals surface area contributed by atoms with E-state index in [4.69, 9.17) is 16.6 Å². The van der Waals surface area contributed by atoms with Crippen LogP contribution in [0.1, 0.15) is 81.9 Å². The zero-order valence-corrected chi connectivity index (χ0v) is 38.7. The van der Waals surface area contributed by atoms with Gasteiger partial charge in [0.2, 0.25) is 17.8 Å². The number of nitrogens with one attached hydrogen (secondary N) is 2. The molecule has 1 spiro atoms. The molecule has 3 aromatic heterocycles. The standard InChI is InChI=1S/C51H58ClFN10O4/c1-58-45-25-39(8-11-43(45)63(50(58)67)44-12-13-46(65)56-48(44)66)61-30-51(31-61)16-20-60(21-17-51)28-33-14-18-59(19-15-33)27-32-2-4-34(5-3-32)42-29-62(38-6-9-40(64)10-7-38)47-41(42)26-54-49(57-47)55-37-23-35(52)22-36(53)24-37/h2-5,8,11,22-26,29,33,38,40,44,64H,6-7,9-10,12-21,27-28,30-31H2,1H3,(H,54,55,57)(H,56,65,66). The lowest BCUT2D eigenvalue weighted by Gasteiger charge is -2.55. The molecule has 4 aliphatic heterocycles. The number of imidazole rings is 1. The summed E-state index contributed by atoms with van der Waals surface area (Å²) >= 11 is 6.12. The SMILES string of the molecule is Cn1c(=O)n(C2CCC(=O)NC2=O)c2ccc(N3CC4(CCN(CC5CCN(Cc6ccc(-c7cn(C8CCC(O)CC8)c8nc(Nc9cc(F)cc(Cl)c9)ncc78)cc6)CC5)CC4)C3)cc21. The van der Waals surface area contributed by atoms with Gasteiger partial charge in [-0.25, -0.2) is 14.2 Å². The minimum absolute atomic E-state index is 0.207. The maximum atomic E-state index is 14.1. The van der Waals surface area contributed by atoms with E-state index in [2.05, 4.69) is 77.5 Å². The van der Waals surface area contributed by atoms with Crippen LogP contribution in [0, 0.1) is 17.2 Å². The van der Waals surface area contributed by atoms with Gasteiger partial charge in [-0.2, -0.15) is 4.98 Å². The molecule has 16 heteroatoms. The van der Waals surface area contributed by atoms with Crippen molar-refractivity contribution < 1.29 is 19.1 Å². The maximum absolute atomic E-state index is 14.1. The van der Waals surface area contributed by atoms with Crippen molar-refractivity contribution in [2.75, 3.05) is 56.0 Å². The number of hydrogen-bond donors (Lipinski definition) is 3. The van der Waals surface area contributed by atoms with E-state index in [1.54, 1.807) is 22.2 Å². The number of likely N-dealkylation sites (tertiary alicyclic amines) is 2. The zero-order chi connectivity index (χ0) is 46.0. The summed E-state index contributed by atoms with van der Waals surface area (Å²) in [6.07, 6.45) is 12.4. The van der Waals surface area contributed by atoms with Crippen molar-refractivity contribution in [3.63, 3.8) is 0 Å². The van der Waals surface area contributed by atoms with Gasteiger partial charge in [0.15, 0.2) is 0 Å². The van der Waals surface area contributed by atoms with E-state index in [0.29, 0.717) is 34.4 Å². The number of benzene rings is 3. The molecule has 2 amide bonds. The molecule has 350 valence electrons. The number of carbonyl (C=O) groups is 2.